The Morgan fingerprint density at radius 2 is 1.90 bits per heavy atom. The van der Waals surface area contributed by atoms with Crippen molar-refractivity contribution < 1.29 is 14.3 Å². The van der Waals surface area contributed by atoms with E-state index in [4.69, 9.17) is 9.47 Å². The zero-order chi connectivity index (χ0) is 15.8. The predicted molar refractivity (Wildman–Crippen MR) is 83.9 cm³/mol. The summed E-state index contributed by atoms with van der Waals surface area (Å²) in [6.45, 7) is 8.17. The van der Waals surface area contributed by atoms with Crippen LogP contribution in [0.1, 0.15) is 32.4 Å². The van der Waals surface area contributed by atoms with E-state index in [1.54, 1.807) is 14.2 Å². The Morgan fingerprint density at radius 3 is 2.43 bits per heavy atom. The molecule has 1 aromatic carbocycles. The molecule has 0 aromatic heterocycles. The first-order valence-corrected chi connectivity index (χ1v) is 7.29. The van der Waals surface area contributed by atoms with Gasteiger partial charge in [0.1, 0.15) is 11.5 Å². The monoisotopic (exact) mass is 294 g/mol. The number of nitrogens with one attached hydrogen (secondary N) is 1. The summed E-state index contributed by atoms with van der Waals surface area (Å²) < 4.78 is 10.6. The Balaban J connectivity index is 2.78. The number of likely N-dealkylation sites (N-methyl/N-ethyl adjacent to an activating group) is 1. The molecule has 0 saturated heterocycles. The third-order valence-corrected chi connectivity index (χ3v) is 3.54. The number of amides is 1. The minimum absolute atomic E-state index is 0.0103. The average Bonchev–Trinajstić information content (AvgIpc) is 2.51. The minimum atomic E-state index is -0.141. The van der Waals surface area contributed by atoms with Crippen molar-refractivity contribution >= 4 is 5.91 Å². The first kappa shape index (κ1) is 17.3. The van der Waals surface area contributed by atoms with Crippen LogP contribution in [0.5, 0.6) is 11.5 Å². The zero-order valence-corrected chi connectivity index (χ0v) is 13.6. The number of benzene rings is 1. The van der Waals surface area contributed by atoms with Crippen LogP contribution in [0.3, 0.4) is 0 Å². The molecule has 5 nitrogen and oxygen atoms in total. The second-order valence-corrected chi connectivity index (χ2v) is 4.86. The fraction of sp³-hybridized carbons (Fsp3) is 0.562. The van der Waals surface area contributed by atoms with Crippen LogP contribution in [0, 0.1) is 0 Å². The number of carbonyl (C=O) groups is 1. The fourth-order valence-electron chi connectivity index (χ4n) is 2.19. The Labute approximate surface area is 127 Å². The summed E-state index contributed by atoms with van der Waals surface area (Å²) in [5.41, 5.74) is 0.907. The quantitative estimate of drug-likeness (QED) is 0.799. The third-order valence-electron chi connectivity index (χ3n) is 3.54. The summed E-state index contributed by atoms with van der Waals surface area (Å²) in [5.74, 6) is 1.50. The minimum Gasteiger partial charge on any atom is -0.497 e. The molecule has 0 aliphatic heterocycles. The molecule has 0 aliphatic rings. The van der Waals surface area contributed by atoms with Crippen LogP contribution < -0.4 is 14.8 Å². The highest BCUT2D eigenvalue weighted by molar-refractivity contribution is 5.78. The molecular weight excluding hydrogens is 268 g/mol. The van der Waals surface area contributed by atoms with Gasteiger partial charge < -0.3 is 14.8 Å². The first-order valence-electron chi connectivity index (χ1n) is 7.29. The molecule has 1 aromatic rings. The highest BCUT2D eigenvalue weighted by atomic mass is 16.5. The molecule has 5 heteroatoms. The Morgan fingerprint density at radius 1 is 1.24 bits per heavy atom. The lowest BCUT2D eigenvalue weighted by Crippen LogP contribution is -2.38. The van der Waals surface area contributed by atoms with Gasteiger partial charge in [-0.2, -0.15) is 0 Å². The van der Waals surface area contributed by atoms with E-state index in [-0.39, 0.29) is 11.9 Å². The normalized spacial score (nSPS) is 12.1. The van der Waals surface area contributed by atoms with Gasteiger partial charge in [0.05, 0.1) is 26.8 Å². The van der Waals surface area contributed by atoms with Crippen LogP contribution in [0.15, 0.2) is 18.2 Å². The third kappa shape index (κ3) is 4.93. The number of carbonyl (C=O) groups excluding carboxylic acids is 1. The maximum atomic E-state index is 12.1. The van der Waals surface area contributed by atoms with E-state index in [1.165, 1.54) is 0 Å². The van der Waals surface area contributed by atoms with Gasteiger partial charge in [0.25, 0.3) is 0 Å². The maximum Gasteiger partial charge on any atom is 0.234 e. The van der Waals surface area contributed by atoms with Gasteiger partial charge in [-0.25, -0.2) is 0 Å². The van der Waals surface area contributed by atoms with Crippen LogP contribution >= 0.6 is 0 Å². The fourth-order valence-corrected chi connectivity index (χ4v) is 2.19. The lowest BCUT2D eigenvalue weighted by atomic mass is 10.1. The molecule has 1 N–H and O–H groups in total. The van der Waals surface area contributed by atoms with E-state index in [1.807, 2.05) is 39.0 Å². The van der Waals surface area contributed by atoms with Gasteiger partial charge in [-0.15, -0.1) is 0 Å². The van der Waals surface area contributed by atoms with Gasteiger partial charge >= 0.3 is 0 Å². The summed E-state index contributed by atoms with van der Waals surface area (Å²) in [5, 5.41) is 3.01. The van der Waals surface area contributed by atoms with Crippen LogP contribution in [0.4, 0.5) is 0 Å². The lowest BCUT2D eigenvalue weighted by molar-refractivity contribution is -0.122. The summed E-state index contributed by atoms with van der Waals surface area (Å²) in [7, 11) is 3.24. The SMILES string of the molecule is CCN(CC)CC(=O)NC(C)c1cc(OC)ccc1OC. The highest BCUT2D eigenvalue weighted by Crippen LogP contribution is 2.29. The average molecular weight is 294 g/mol. The van der Waals surface area contributed by atoms with Crippen molar-refractivity contribution in [3.05, 3.63) is 23.8 Å². The summed E-state index contributed by atoms with van der Waals surface area (Å²) in [4.78, 5) is 14.2. The van der Waals surface area contributed by atoms with Gasteiger partial charge in [0, 0.05) is 5.56 Å². The molecule has 118 valence electrons. The van der Waals surface area contributed by atoms with Crippen molar-refractivity contribution in [3.63, 3.8) is 0 Å². The zero-order valence-electron chi connectivity index (χ0n) is 13.6. The van der Waals surface area contributed by atoms with Crippen molar-refractivity contribution in [1.82, 2.24) is 10.2 Å². The van der Waals surface area contributed by atoms with Gasteiger partial charge in [-0.1, -0.05) is 13.8 Å². The molecule has 1 rings (SSSR count). The molecule has 1 amide bonds. The van der Waals surface area contributed by atoms with Crippen LogP contribution in [-0.2, 0) is 4.79 Å². The number of methoxy groups -OCH3 is 2. The van der Waals surface area contributed by atoms with Crippen LogP contribution in [0.2, 0.25) is 0 Å². The Hall–Kier alpha value is -1.75. The number of rotatable bonds is 8. The van der Waals surface area contributed by atoms with E-state index < -0.39 is 0 Å². The Kier molecular flexibility index (Phi) is 7.02. The molecule has 0 heterocycles. The molecule has 0 bridgehead atoms. The molecule has 0 aliphatic carbocycles. The topological polar surface area (TPSA) is 50.8 Å². The standard InChI is InChI=1S/C16H26N2O3/c1-6-18(7-2)11-16(19)17-12(3)14-10-13(20-4)8-9-15(14)21-5/h8-10,12H,6-7,11H2,1-5H3,(H,17,19). The second-order valence-electron chi connectivity index (χ2n) is 4.86. The van der Waals surface area contributed by atoms with Gasteiger partial charge in [0.2, 0.25) is 5.91 Å². The molecule has 0 saturated carbocycles. The van der Waals surface area contributed by atoms with Crippen LogP contribution in [-0.4, -0.2) is 44.7 Å². The lowest BCUT2D eigenvalue weighted by Gasteiger charge is -2.21. The van der Waals surface area contributed by atoms with Crippen molar-refractivity contribution in [2.75, 3.05) is 33.9 Å². The molecule has 1 unspecified atom stereocenters. The first-order chi connectivity index (χ1) is 10.0. The van der Waals surface area contributed by atoms with Crippen LogP contribution in [0.25, 0.3) is 0 Å². The van der Waals surface area contributed by atoms with Crippen molar-refractivity contribution in [2.45, 2.75) is 26.8 Å². The van der Waals surface area contributed by atoms with Gasteiger partial charge in [-0.05, 0) is 38.2 Å². The number of hydrogen-bond acceptors (Lipinski definition) is 4. The van der Waals surface area contributed by atoms with Gasteiger partial charge in [0.15, 0.2) is 0 Å². The molecule has 21 heavy (non-hydrogen) atoms. The van der Waals surface area contributed by atoms with E-state index in [0.29, 0.717) is 6.54 Å². The number of ether oxygens (including phenoxy) is 2. The second kappa shape index (κ2) is 8.52. The van der Waals surface area contributed by atoms with E-state index in [9.17, 15) is 4.79 Å². The summed E-state index contributed by atoms with van der Waals surface area (Å²) in [6, 6.07) is 5.44. The molecule has 0 spiro atoms. The molecule has 0 radical (unpaired) electrons. The van der Waals surface area contributed by atoms with E-state index >= 15 is 0 Å². The summed E-state index contributed by atoms with van der Waals surface area (Å²) >= 11 is 0. The van der Waals surface area contributed by atoms with Crippen molar-refractivity contribution in [2.24, 2.45) is 0 Å². The molecule has 1 atom stereocenters. The highest BCUT2D eigenvalue weighted by Gasteiger charge is 2.16. The molecular formula is C16H26N2O3. The predicted octanol–water partition coefficient (Wildman–Crippen LogP) is 2.22. The van der Waals surface area contributed by atoms with Crippen molar-refractivity contribution in [3.8, 4) is 11.5 Å². The number of hydrogen-bond donors (Lipinski definition) is 1. The smallest absolute Gasteiger partial charge is 0.234 e. The van der Waals surface area contributed by atoms with Gasteiger partial charge in [-0.3, -0.25) is 9.69 Å². The Bertz CT molecular complexity index is 459. The maximum absolute atomic E-state index is 12.1. The van der Waals surface area contributed by atoms with E-state index in [0.717, 1.165) is 30.2 Å². The number of nitrogens with zero attached hydrogens (tertiary/aromatic N) is 1. The van der Waals surface area contributed by atoms with E-state index in [2.05, 4.69) is 10.2 Å². The van der Waals surface area contributed by atoms with Crippen molar-refractivity contribution in [1.29, 1.82) is 0 Å². The largest absolute Gasteiger partial charge is 0.497 e. The summed E-state index contributed by atoms with van der Waals surface area (Å²) in [6.07, 6.45) is 0. The molecule has 0 fully saturated rings.